The van der Waals surface area contributed by atoms with Crippen molar-refractivity contribution in [3.63, 3.8) is 0 Å². The van der Waals surface area contributed by atoms with Crippen LogP contribution in [0.25, 0.3) is 11.3 Å². The minimum Gasteiger partial charge on any atom is -0.331 e. The first-order valence-corrected chi connectivity index (χ1v) is 14.7. The SMILES string of the molecule is Cc1ccc(NC(=O)c2cccc(C(F)(F)F)c2F)cc1Nc1nc(-c2cccnc2)cs1.O=S(=O)(O)c1cccc(F)c1. The summed E-state index contributed by atoms with van der Waals surface area (Å²) in [7, 11) is -4.27. The highest BCUT2D eigenvalue weighted by atomic mass is 32.2. The second-order valence-corrected chi connectivity index (χ2v) is 11.3. The monoisotopic (exact) mass is 648 g/mol. The molecule has 0 aliphatic heterocycles. The first kappa shape index (κ1) is 32.2. The van der Waals surface area contributed by atoms with Crippen molar-refractivity contribution in [2.75, 3.05) is 10.6 Å². The Morgan fingerprint density at radius 2 is 1.73 bits per heavy atom. The Kier molecular flexibility index (Phi) is 9.71. The maximum atomic E-state index is 14.3. The Bertz CT molecular complexity index is 1900. The van der Waals surface area contributed by atoms with Gasteiger partial charge in [-0.1, -0.05) is 18.2 Å². The lowest BCUT2D eigenvalue weighted by Crippen LogP contribution is -2.17. The van der Waals surface area contributed by atoms with Crippen LogP contribution in [0.5, 0.6) is 0 Å². The number of carbonyl (C=O) groups is 1. The fraction of sp³-hybridized carbons (Fsp3) is 0.0690. The number of anilines is 3. The Balaban J connectivity index is 0.000000339. The molecule has 228 valence electrons. The van der Waals surface area contributed by atoms with Crippen molar-refractivity contribution < 1.29 is 39.7 Å². The van der Waals surface area contributed by atoms with Gasteiger partial charge in [0.15, 0.2) is 5.13 Å². The van der Waals surface area contributed by atoms with Crippen LogP contribution in [-0.2, 0) is 16.3 Å². The third kappa shape index (κ3) is 8.21. The Morgan fingerprint density at radius 1 is 0.977 bits per heavy atom. The number of benzene rings is 3. The summed E-state index contributed by atoms with van der Waals surface area (Å²) in [6, 6.07) is 15.3. The van der Waals surface area contributed by atoms with Crippen LogP contribution < -0.4 is 10.6 Å². The predicted molar refractivity (Wildman–Crippen MR) is 155 cm³/mol. The van der Waals surface area contributed by atoms with Crippen molar-refractivity contribution in [2.24, 2.45) is 0 Å². The quantitative estimate of drug-likeness (QED) is 0.127. The van der Waals surface area contributed by atoms with Crippen LogP contribution in [0, 0.1) is 18.6 Å². The van der Waals surface area contributed by atoms with Crippen LogP contribution in [0.4, 0.5) is 38.5 Å². The Morgan fingerprint density at radius 3 is 2.36 bits per heavy atom. The number of hydrogen-bond donors (Lipinski definition) is 3. The fourth-order valence-corrected chi connectivity index (χ4v) is 4.92. The second kappa shape index (κ2) is 13.3. The fourth-order valence-electron chi connectivity index (χ4n) is 3.68. The number of thiazole rings is 1. The van der Waals surface area contributed by atoms with Crippen molar-refractivity contribution in [1.29, 1.82) is 0 Å². The predicted octanol–water partition coefficient (Wildman–Crippen LogP) is 7.74. The lowest BCUT2D eigenvalue weighted by Gasteiger charge is -2.13. The van der Waals surface area contributed by atoms with Gasteiger partial charge in [-0.2, -0.15) is 21.6 Å². The Labute approximate surface area is 252 Å². The molecule has 1 amide bonds. The van der Waals surface area contributed by atoms with Gasteiger partial charge in [0.25, 0.3) is 16.0 Å². The maximum Gasteiger partial charge on any atom is 0.419 e. The molecule has 15 heteroatoms. The van der Waals surface area contributed by atoms with Gasteiger partial charge in [0.1, 0.15) is 11.6 Å². The number of amides is 1. The third-order valence-electron chi connectivity index (χ3n) is 5.84. The van der Waals surface area contributed by atoms with E-state index >= 15 is 0 Å². The van der Waals surface area contributed by atoms with Gasteiger partial charge in [0.05, 0.1) is 21.7 Å². The minimum atomic E-state index is -4.90. The van der Waals surface area contributed by atoms with Crippen LogP contribution in [-0.4, -0.2) is 28.8 Å². The van der Waals surface area contributed by atoms with E-state index in [-0.39, 0.29) is 5.69 Å². The number of carbonyl (C=O) groups excluding carboxylic acids is 1. The zero-order valence-electron chi connectivity index (χ0n) is 22.4. The zero-order valence-corrected chi connectivity index (χ0v) is 24.1. The van der Waals surface area contributed by atoms with Gasteiger partial charge in [0, 0.05) is 34.7 Å². The molecule has 3 aromatic carbocycles. The molecule has 0 fully saturated rings. The normalized spacial score (nSPS) is 11.3. The average molecular weight is 649 g/mol. The van der Waals surface area contributed by atoms with E-state index in [0.717, 1.165) is 47.2 Å². The zero-order chi connectivity index (χ0) is 32.1. The first-order chi connectivity index (χ1) is 20.7. The van der Waals surface area contributed by atoms with Gasteiger partial charge in [-0.25, -0.2) is 13.8 Å². The summed E-state index contributed by atoms with van der Waals surface area (Å²) in [6.45, 7) is 1.84. The molecule has 0 saturated heterocycles. The number of pyridine rings is 1. The molecule has 0 spiro atoms. The van der Waals surface area contributed by atoms with Crippen LogP contribution >= 0.6 is 11.3 Å². The van der Waals surface area contributed by atoms with Crippen molar-refractivity contribution >= 4 is 43.9 Å². The number of aromatic nitrogens is 2. The average Bonchev–Trinajstić information content (AvgIpc) is 3.43. The highest BCUT2D eigenvalue weighted by Gasteiger charge is 2.35. The molecule has 0 radical (unpaired) electrons. The molecule has 2 aromatic heterocycles. The van der Waals surface area contributed by atoms with Gasteiger partial charge >= 0.3 is 6.18 Å². The van der Waals surface area contributed by atoms with Gasteiger partial charge < -0.3 is 10.6 Å². The smallest absolute Gasteiger partial charge is 0.331 e. The molecule has 0 unspecified atom stereocenters. The highest BCUT2D eigenvalue weighted by Crippen LogP contribution is 2.33. The molecule has 3 N–H and O–H groups in total. The third-order valence-corrected chi connectivity index (χ3v) is 7.45. The minimum absolute atomic E-state index is 0.286. The standard InChI is InChI=1S/C23H16F4N4OS.C6H5FO3S/c1-13-7-8-15(29-21(32)16-5-2-6-17(20(16)24)23(25,26)27)10-18(13)30-22-31-19(12-33-22)14-4-3-9-28-11-14;7-5-2-1-3-6(4-5)11(8,9)10/h2-12H,1H3,(H,29,32)(H,30,31);1-4H,(H,8,9,10). The molecule has 2 heterocycles. The summed E-state index contributed by atoms with van der Waals surface area (Å²) in [5.41, 5.74) is 1.19. The van der Waals surface area contributed by atoms with Gasteiger partial charge in [0.2, 0.25) is 0 Å². The molecule has 5 rings (SSSR count). The summed E-state index contributed by atoms with van der Waals surface area (Å²) < 4.78 is 94.6. The van der Waals surface area contributed by atoms with E-state index < -0.39 is 49.9 Å². The van der Waals surface area contributed by atoms with E-state index in [2.05, 4.69) is 20.6 Å². The number of aryl methyl sites for hydroxylation is 1. The van der Waals surface area contributed by atoms with Crippen LogP contribution in [0.3, 0.4) is 0 Å². The molecule has 0 aliphatic rings. The molecule has 0 atom stereocenters. The van der Waals surface area contributed by atoms with E-state index in [1.807, 2.05) is 24.4 Å². The highest BCUT2D eigenvalue weighted by molar-refractivity contribution is 7.85. The molecule has 0 aliphatic carbocycles. The summed E-state index contributed by atoms with van der Waals surface area (Å²) in [5, 5.41) is 8.09. The number of halogens is 5. The number of nitrogens with zero attached hydrogens (tertiary/aromatic N) is 2. The molecule has 0 bridgehead atoms. The maximum absolute atomic E-state index is 14.3. The first-order valence-electron chi connectivity index (χ1n) is 12.4. The van der Waals surface area contributed by atoms with Crippen molar-refractivity contribution in [3.05, 3.63) is 119 Å². The van der Waals surface area contributed by atoms with Gasteiger partial charge in [-0.15, -0.1) is 11.3 Å². The largest absolute Gasteiger partial charge is 0.419 e. The van der Waals surface area contributed by atoms with E-state index in [0.29, 0.717) is 16.9 Å². The van der Waals surface area contributed by atoms with Crippen LogP contribution in [0.1, 0.15) is 21.5 Å². The van der Waals surface area contributed by atoms with E-state index in [1.54, 1.807) is 30.6 Å². The topological polar surface area (TPSA) is 121 Å². The van der Waals surface area contributed by atoms with Crippen LogP contribution in [0.15, 0.2) is 95.5 Å². The van der Waals surface area contributed by atoms with Crippen LogP contribution in [0.2, 0.25) is 0 Å². The molecular formula is C29H21F5N4O4S2. The number of nitrogens with one attached hydrogen (secondary N) is 2. The summed E-state index contributed by atoms with van der Waals surface area (Å²) in [5.74, 6) is -3.29. The summed E-state index contributed by atoms with van der Waals surface area (Å²) in [4.78, 5) is 20.6. The van der Waals surface area contributed by atoms with Crippen molar-refractivity contribution in [2.45, 2.75) is 18.0 Å². The lowest BCUT2D eigenvalue weighted by molar-refractivity contribution is -0.140. The van der Waals surface area contributed by atoms with E-state index in [1.165, 1.54) is 17.4 Å². The lowest BCUT2D eigenvalue weighted by atomic mass is 10.1. The van der Waals surface area contributed by atoms with Crippen molar-refractivity contribution in [3.8, 4) is 11.3 Å². The molecule has 0 saturated carbocycles. The van der Waals surface area contributed by atoms with E-state index in [9.17, 15) is 35.2 Å². The van der Waals surface area contributed by atoms with Crippen molar-refractivity contribution in [1.82, 2.24) is 9.97 Å². The van der Waals surface area contributed by atoms with Gasteiger partial charge in [-0.3, -0.25) is 14.3 Å². The molecule has 44 heavy (non-hydrogen) atoms. The molecule has 8 nitrogen and oxygen atoms in total. The van der Waals surface area contributed by atoms with E-state index in [4.69, 9.17) is 4.55 Å². The molecular weight excluding hydrogens is 627 g/mol. The summed E-state index contributed by atoms with van der Waals surface area (Å²) >= 11 is 1.38. The summed E-state index contributed by atoms with van der Waals surface area (Å²) in [6.07, 6.45) is -1.53. The molecule has 5 aromatic rings. The van der Waals surface area contributed by atoms with Gasteiger partial charge in [-0.05, 0) is 67.1 Å². The second-order valence-electron chi connectivity index (χ2n) is 8.99. The number of alkyl halides is 3. The number of hydrogen-bond acceptors (Lipinski definition) is 7. The number of rotatable bonds is 6. The Hall–Kier alpha value is -4.73.